The molecule has 3 rings (SSSR count). The van der Waals surface area contributed by atoms with Crippen LogP contribution in [0, 0.1) is 31.6 Å². The van der Waals surface area contributed by atoms with Crippen molar-refractivity contribution < 1.29 is 5.11 Å². The fourth-order valence-corrected chi connectivity index (χ4v) is 4.49. The van der Waals surface area contributed by atoms with E-state index in [9.17, 15) is 15.6 Å². The monoisotopic (exact) mass is 549 g/mol. The number of hydrogen-bond acceptors (Lipinski definition) is 4. The van der Waals surface area contributed by atoms with E-state index in [4.69, 9.17) is 0 Å². The van der Waals surface area contributed by atoms with Gasteiger partial charge in [0.2, 0.25) is 0 Å². The maximum atomic E-state index is 9.90. The van der Waals surface area contributed by atoms with Crippen molar-refractivity contribution in [3.8, 4) is 17.9 Å². The predicted molar refractivity (Wildman–Crippen MR) is 140 cm³/mol. The highest BCUT2D eigenvalue weighted by atomic mass is 127. The van der Waals surface area contributed by atoms with Crippen molar-refractivity contribution >= 4 is 22.6 Å². The molecular weight excluding hydrogens is 521 g/mol. The normalized spacial score (nSPS) is 14.0. The first-order chi connectivity index (χ1) is 15.7. The molecule has 0 aliphatic heterocycles. The van der Waals surface area contributed by atoms with Gasteiger partial charge in [-0.15, -0.1) is 0 Å². The van der Waals surface area contributed by atoms with E-state index in [2.05, 4.69) is 77.3 Å². The minimum absolute atomic E-state index is 0.00430. The Balaban J connectivity index is 1.98. The molecule has 3 aromatic carbocycles. The van der Waals surface area contributed by atoms with Gasteiger partial charge in [0, 0.05) is 15.5 Å². The van der Waals surface area contributed by atoms with Gasteiger partial charge < -0.3 is 10.4 Å². The fraction of sp³-hybridized carbons (Fsp3) is 0.286. The minimum Gasteiger partial charge on any atom is -0.508 e. The summed E-state index contributed by atoms with van der Waals surface area (Å²) in [6.07, 6.45) is 0.801. The molecule has 0 aliphatic rings. The summed E-state index contributed by atoms with van der Waals surface area (Å²) in [6.45, 7) is 5.99. The van der Waals surface area contributed by atoms with Crippen molar-refractivity contribution in [2.75, 3.05) is 0 Å². The molecule has 0 fully saturated rings. The summed E-state index contributed by atoms with van der Waals surface area (Å²) < 4.78 is 1.19. The Hall–Kier alpha value is -2.87. The van der Waals surface area contributed by atoms with E-state index in [0.717, 1.165) is 17.5 Å². The topological polar surface area (TPSA) is 79.8 Å². The zero-order valence-electron chi connectivity index (χ0n) is 19.1. The quantitative estimate of drug-likeness (QED) is 0.316. The molecule has 0 spiro atoms. The Bertz CT molecular complexity index is 1160. The zero-order chi connectivity index (χ0) is 24.0. The SMILES string of the molecule is C[C@H](NC(c1ccc(O)cc1)C(C)(C)C#N)[C@@H](Cc1ccc(I)cc1)c1cccc(C#N)c1. The lowest BCUT2D eigenvalue weighted by molar-refractivity contribution is 0.281. The highest BCUT2D eigenvalue weighted by Gasteiger charge is 2.34. The zero-order valence-corrected chi connectivity index (χ0v) is 21.2. The smallest absolute Gasteiger partial charge is 0.115 e. The van der Waals surface area contributed by atoms with Gasteiger partial charge in [-0.05, 0) is 103 Å². The number of aromatic hydroxyl groups is 1. The van der Waals surface area contributed by atoms with E-state index in [1.54, 1.807) is 12.1 Å². The number of hydrogen-bond donors (Lipinski definition) is 2. The van der Waals surface area contributed by atoms with E-state index in [-0.39, 0.29) is 23.8 Å². The summed E-state index contributed by atoms with van der Waals surface area (Å²) in [5.41, 5.74) is 3.22. The molecule has 0 aromatic heterocycles. The van der Waals surface area contributed by atoms with Gasteiger partial charge in [0.25, 0.3) is 0 Å². The standard InChI is InChI=1S/C28H28IN3O/c1-19(32-27(28(2,3)18-31)22-9-13-25(33)14-10-22)26(16-20-7-11-24(29)12-8-20)23-6-4-5-21(15-23)17-30/h4-15,19,26-27,32-33H,16H2,1-3H3/t19-,26+,27?/m0/s1. The first-order valence-corrected chi connectivity index (χ1v) is 12.0. The highest BCUT2D eigenvalue weighted by molar-refractivity contribution is 14.1. The lowest BCUT2D eigenvalue weighted by atomic mass is 9.79. The van der Waals surface area contributed by atoms with Gasteiger partial charge in [-0.3, -0.25) is 0 Å². The highest BCUT2D eigenvalue weighted by Crippen LogP contribution is 2.36. The first-order valence-electron chi connectivity index (χ1n) is 10.9. The van der Waals surface area contributed by atoms with E-state index >= 15 is 0 Å². The van der Waals surface area contributed by atoms with Crippen molar-refractivity contribution in [3.05, 3.63) is 98.6 Å². The summed E-state index contributed by atoms with van der Waals surface area (Å²) in [5.74, 6) is 0.290. The van der Waals surface area contributed by atoms with Gasteiger partial charge in [0.1, 0.15) is 5.75 Å². The third kappa shape index (κ3) is 6.35. The van der Waals surface area contributed by atoms with E-state index in [1.165, 1.54) is 9.13 Å². The molecule has 33 heavy (non-hydrogen) atoms. The Morgan fingerprint density at radius 2 is 1.64 bits per heavy atom. The number of nitriles is 2. The fourth-order valence-electron chi connectivity index (χ4n) is 4.13. The molecule has 0 amide bonds. The van der Waals surface area contributed by atoms with Crippen LogP contribution in [0.25, 0.3) is 0 Å². The van der Waals surface area contributed by atoms with E-state index in [0.29, 0.717) is 5.56 Å². The first kappa shape index (κ1) is 24.8. The van der Waals surface area contributed by atoms with Gasteiger partial charge in [-0.1, -0.05) is 36.4 Å². The molecule has 0 bridgehead atoms. The van der Waals surface area contributed by atoms with Crippen LogP contribution in [0.4, 0.5) is 0 Å². The number of benzene rings is 3. The number of halogens is 1. The summed E-state index contributed by atoms with van der Waals surface area (Å²) in [4.78, 5) is 0. The van der Waals surface area contributed by atoms with Crippen LogP contribution < -0.4 is 5.32 Å². The Morgan fingerprint density at radius 1 is 0.970 bits per heavy atom. The molecule has 4 nitrogen and oxygen atoms in total. The van der Waals surface area contributed by atoms with Gasteiger partial charge in [-0.25, -0.2) is 0 Å². The molecule has 168 valence electrons. The number of phenols is 1. The maximum Gasteiger partial charge on any atom is 0.115 e. The Labute approximate surface area is 210 Å². The van der Waals surface area contributed by atoms with Crippen LogP contribution in [-0.4, -0.2) is 11.1 Å². The molecule has 0 saturated carbocycles. The van der Waals surface area contributed by atoms with Gasteiger partial charge >= 0.3 is 0 Å². The number of nitrogens with one attached hydrogen (secondary N) is 1. The molecule has 0 aliphatic carbocycles. The van der Waals surface area contributed by atoms with Crippen LogP contribution in [-0.2, 0) is 6.42 Å². The Morgan fingerprint density at radius 3 is 2.24 bits per heavy atom. The molecule has 0 saturated heterocycles. The summed E-state index contributed by atoms with van der Waals surface area (Å²) >= 11 is 2.31. The molecule has 0 radical (unpaired) electrons. The lowest BCUT2D eigenvalue weighted by Crippen LogP contribution is -2.42. The van der Waals surface area contributed by atoms with Crippen LogP contribution in [0.15, 0.2) is 72.8 Å². The average molecular weight is 549 g/mol. The van der Waals surface area contributed by atoms with Crippen molar-refractivity contribution in [1.82, 2.24) is 5.32 Å². The molecule has 0 heterocycles. The second kappa shape index (κ2) is 10.8. The van der Waals surface area contributed by atoms with Crippen LogP contribution in [0.2, 0.25) is 0 Å². The molecule has 3 aromatic rings. The molecule has 3 atom stereocenters. The number of nitrogens with zero attached hydrogens (tertiary/aromatic N) is 2. The minimum atomic E-state index is -0.673. The Kier molecular flexibility index (Phi) is 8.13. The second-order valence-electron chi connectivity index (χ2n) is 8.99. The largest absolute Gasteiger partial charge is 0.508 e. The van der Waals surface area contributed by atoms with E-state index < -0.39 is 5.41 Å². The van der Waals surface area contributed by atoms with Crippen LogP contribution in [0.1, 0.15) is 55.0 Å². The van der Waals surface area contributed by atoms with Crippen molar-refractivity contribution in [2.24, 2.45) is 5.41 Å². The summed E-state index contributed by atoms with van der Waals surface area (Å²) in [7, 11) is 0. The third-order valence-electron chi connectivity index (χ3n) is 6.08. The molecular formula is C28H28IN3O. The molecule has 2 N–H and O–H groups in total. The van der Waals surface area contributed by atoms with Crippen molar-refractivity contribution in [1.29, 1.82) is 10.5 Å². The van der Waals surface area contributed by atoms with Gasteiger partial charge in [-0.2, -0.15) is 10.5 Å². The predicted octanol–water partition coefficient (Wildman–Crippen LogP) is 6.46. The van der Waals surface area contributed by atoms with Crippen molar-refractivity contribution in [3.63, 3.8) is 0 Å². The molecule has 1 unspecified atom stereocenters. The third-order valence-corrected chi connectivity index (χ3v) is 6.80. The van der Waals surface area contributed by atoms with E-state index in [1.807, 2.05) is 44.2 Å². The molecule has 5 heteroatoms. The van der Waals surface area contributed by atoms with Crippen LogP contribution >= 0.6 is 22.6 Å². The maximum absolute atomic E-state index is 9.90. The van der Waals surface area contributed by atoms with Gasteiger partial charge in [0.05, 0.1) is 29.2 Å². The summed E-state index contributed by atoms with van der Waals surface area (Å²) in [6, 6.07) is 27.8. The second-order valence-corrected chi connectivity index (χ2v) is 10.2. The van der Waals surface area contributed by atoms with Gasteiger partial charge in [0.15, 0.2) is 0 Å². The average Bonchev–Trinajstić information content (AvgIpc) is 2.82. The summed E-state index contributed by atoms with van der Waals surface area (Å²) in [5, 5.41) is 32.8. The number of phenolic OH excluding ortho intramolecular Hbond substituents is 1. The lowest BCUT2D eigenvalue weighted by Gasteiger charge is -2.35. The van der Waals surface area contributed by atoms with Crippen LogP contribution in [0.5, 0.6) is 5.75 Å². The van der Waals surface area contributed by atoms with Crippen molar-refractivity contribution in [2.45, 2.75) is 45.2 Å². The van der Waals surface area contributed by atoms with Crippen LogP contribution in [0.3, 0.4) is 0 Å². The number of rotatable bonds is 8.